The summed E-state index contributed by atoms with van der Waals surface area (Å²) >= 11 is 0. The summed E-state index contributed by atoms with van der Waals surface area (Å²) in [6.45, 7) is 6.86. The first-order valence-corrected chi connectivity index (χ1v) is 5.84. The lowest BCUT2D eigenvalue weighted by molar-refractivity contribution is -0.385. The summed E-state index contributed by atoms with van der Waals surface area (Å²) in [4.78, 5) is 10.4. The van der Waals surface area contributed by atoms with Crippen LogP contribution in [0.15, 0.2) is 18.2 Å². The third-order valence-electron chi connectivity index (χ3n) is 4.08. The predicted octanol–water partition coefficient (Wildman–Crippen LogP) is 2.60. The lowest BCUT2D eigenvalue weighted by Gasteiger charge is -2.04. The molecule has 1 aromatic carbocycles. The summed E-state index contributed by atoms with van der Waals surface area (Å²) in [7, 11) is 0. The molecule has 1 aliphatic carbocycles. The summed E-state index contributed by atoms with van der Waals surface area (Å²) in [5, 5.41) is 10.8. The van der Waals surface area contributed by atoms with Gasteiger partial charge in [-0.15, -0.1) is 0 Å². The minimum atomic E-state index is -0.336. The Morgan fingerprint density at radius 2 is 2.12 bits per heavy atom. The molecule has 0 saturated heterocycles. The van der Waals surface area contributed by atoms with Gasteiger partial charge in [0, 0.05) is 11.6 Å². The van der Waals surface area contributed by atoms with Crippen LogP contribution in [0, 0.1) is 28.4 Å². The van der Waals surface area contributed by atoms with Crippen molar-refractivity contribution in [1.82, 2.24) is 0 Å². The summed E-state index contributed by atoms with van der Waals surface area (Å²) in [5.74, 6) is 0.926. The molecule has 2 N–H and O–H groups in total. The lowest BCUT2D eigenvalue weighted by atomic mass is 10.0. The van der Waals surface area contributed by atoms with E-state index in [0.717, 1.165) is 5.56 Å². The molecule has 2 unspecified atom stereocenters. The van der Waals surface area contributed by atoms with E-state index in [1.165, 1.54) is 5.56 Å². The number of nitrogens with zero attached hydrogens (tertiary/aromatic N) is 1. The molecular weight excluding hydrogens is 216 g/mol. The standard InChI is InChI=1S/C13H18N2O2/c1-8-6-9(4-5-11(8)15(16)17)12-10(7-14)13(12,2)3/h4-6,10,12H,7,14H2,1-3H3. The SMILES string of the molecule is Cc1cc(C2C(CN)C2(C)C)ccc1[N+](=O)[O-]. The first-order valence-electron chi connectivity index (χ1n) is 5.84. The van der Waals surface area contributed by atoms with Crippen LogP contribution >= 0.6 is 0 Å². The Hall–Kier alpha value is -1.42. The van der Waals surface area contributed by atoms with Crippen molar-refractivity contribution < 1.29 is 4.92 Å². The average molecular weight is 234 g/mol. The van der Waals surface area contributed by atoms with Crippen molar-refractivity contribution in [2.45, 2.75) is 26.7 Å². The van der Waals surface area contributed by atoms with Crippen molar-refractivity contribution >= 4 is 5.69 Å². The summed E-state index contributed by atoms with van der Waals surface area (Å²) in [6, 6.07) is 5.40. The van der Waals surface area contributed by atoms with Crippen LogP contribution in [0.4, 0.5) is 5.69 Å². The fourth-order valence-corrected chi connectivity index (χ4v) is 2.92. The zero-order valence-electron chi connectivity index (χ0n) is 10.4. The molecule has 0 bridgehead atoms. The molecule has 4 nitrogen and oxygen atoms in total. The highest BCUT2D eigenvalue weighted by Crippen LogP contribution is 2.63. The maximum atomic E-state index is 10.8. The van der Waals surface area contributed by atoms with E-state index in [1.54, 1.807) is 13.0 Å². The van der Waals surface area contributed by atoms with Crippen LogP contribution in [-0.4, -0.2) is 11.5 Å². The van der Waals surface area contributed by atoms with Gasteiger partial charge in [-0.2, -0.15) is 0 Å². The number of nitrogens with two attached hydrogens (primary N) is 1. The highest BCUT2D eigenvalue weighted by molar-refractivity contribution is 5.45. The van der Waals surface area contributed by atoms with Gasteiger partial charge >= 0.3 is 0 Å². The van der Waals surface area contributed by atoms with Gasteiger partial charge in [0.25, 0.3) is 5.69 Å². The maximum Gasteiger partial charge on any atom is 0.272 e. The van der Waals surface area contributed by atoms with Crippen molar-refractivity contribution in [3.05, 3.63) is 39.4 Å². The van der Waals surface area contributed by atoms with E-state index in [9.17, 15) is 10.1 Å². The molecule has 0 aliphatic heterocycles. The minimum Gasteiger partial charge on any atom is -0.330 e. The molecular formula is C13H18N2O2. The van der Waals surface area contributed by atoms with Crippen molar-refractivity contribution in [3.63, 3.8) is 0 Å². The molecule has 17 heavy (non-hydrogen) atoms. The molecule has 4 heteroatoms. The Morgan fingerprint density at radius 1 is 1.47 bits per heavy atom. The molecule has 0 amide bonds. The molecule has 1 aromatic rings. The van der Waals surface area contributed by atoms with E-state index in [0.29, 0.717) is 18.4 Å². The second kappa shape index (κ2) is 3.81. The Labute approximate surface area is 101 Å². The number of hydrogen-bond donors (Lipinski definition) is 1. The van der Waals surface area contributed by atoms with Gasteiger partial charge in [0.1, 0.15) is 0 Å². The topological polar surface area (TPSA) is 69.2 Å². The zero-order chi connectivity index (χ0) is 12.8. The van der Waals surface area contributed by atoms with Gasteiger partial charge in [0.05, 0.1) is 4.92 Å². The van der Waals surface area contributed by atoms with Gasteiger partial charge < -0.3 is 5.73 Å². The van der Waals surface area contributed by atoms with Crippen LogP contribution in [0.2, 0.25) is 0 Å². The van der Waals surface area contributed by atoms with Crippen LogP contribution in [0.25, 0.3) is 0 Å². The monoisotopic (exact) mass is 234 g/mol. The highest BCUT2D eigenvalue weighted by atomic mass is 16.6. The fourth-order valence-electron chi connectivity index (χ4n) is 2.92. The molecule has 92 valence electrons. The van der Waals surface area contributed by atoms with E-state index < -0.39 is 0 Å². The molecule has 1 aliphatic rings. The van der Waals surface area contributed by atoms with Crippen molar-refractivity contribution in [3.8, 4) is 0 Å². The number of benzene rings is 1. The number of aryl methyl sites for hydroxylation is 1. The fraction of sp³-hybridized carbons (Fsp3) is 0.538. The van der Waals surface area contributed by atoms with E-state index in [1.807, 2.05) is 12.1 Å². The van der Waals surface area contributed by atoms with Crippen molar-refractivity contribution in [2.75, 3.05) is 6.54 Å². The quantitative estimate of drug-likeness (QED) is 0.645. The van der Waals surface area contributed by atoms with Crippen molar-refractivity contribution in [1.29, 1.82) is 0 Å². The first-order chi connectivity index (χ1) is 7.89. The molecule has 0 heterocycles. The minimum absolute atomic E-state index is 0.191. The van der Waals surface area contributed by atoms with E-state index >= 15 is 0 Å². The van der Waals surface area contributed by atoms with Crippen LogP contribution in [0.5, 0.6) is 0 Å². The second-order valence-electron chi connectivity index (χ2n) is 5.44. The van der Waals surface area contributed by atoms with Crippen LogP contribution in [-0.2, 0) is 0 Å². The van der Waals surface area contributed by atoms with Crippen LogP contribution in [0.1, 0.15) is 30.9 Å². The normalized spacial score (nSPS) is 25.6. The number of nitro benzene ring substituents is 1. The molecule has 1 saturated carbocycles. The van der Waals surface area contributed by atoms with Gasteiger partial charge in [-0.3, -0.25) is 10.1 Å². The van der Waals surface area contributed by atoms with Gasteiger partial charge in [-0.25, -0.2) is 0 Å². The van der Waals surface area contributed by atoms with Crippen molar-refractivity contribution in [2.24, 2.45) is 17.1 Å². The maximum absolute atomic E-state index is 10.8. The molecule has 0 radical (unpaired) electrons. The third-order valence-corrected chi connectivity index (χ3v) is 4.08. The Kier molecular flexibility index (Phi) is 2.70. The summed E-state index contributed by atoms with van der Waals surface area (Å²) < 4.78 is 0. The lowest BCUT2D eigenvalue weighted by Crippen LogP contribution is -2.05. The van der Waals surface area contributed by atoms with E-state index in [-0.39, 0.29) is 16.0 Å². The number of nitro groups is 1. The molecule has 1 fully saturated rings. The Morgan fingerprint density at radius 3 is 2.53 bits per heavy atom. The predicted molar refractivity (Wildman–Crippen MR) is 66.9 cm³/mol. The van der Waals surface area contributed by atoms with Gasteiger partial charge in [0.15, 0.2) is 0 Å². The van der Waals surface area contributed by atoms with E-state index in [4.69, 9.17) is 5.73 Å². The largest absolute Gasteiger partial charge is 0.330 e. The number of rotatable bonds is 3. The zero-order valence-corrected chi connectivity index (χ0v) is 10.4. The molecule has 0 aromatic heterocycles. The Bertz CT molecular complexity index is 468. The summed E-state index contributed by atoms with van der Waals surface area (Å²) in [5.41, 5.74) is 8.06. The van der Waals surface area contributed by atoms with Gasteiger partial charge in [0.2, 0.25) is 0 Å². The second-order valence-corrected chi connectivity index (χ2v) is 5.44. The van der Waals surface area contributed by atoms with E-state index in [2.05, 4.69) is 13.8 Å². The molecule has 2 rings (SSSR count). The molecule has 2 atom stereocenters. The average Bonchev–Trinajstić information content (AvgIpc) is 2.79. The third kappa shape index (κ3) is 1.82. The number of hydrogen-bond acceptors (Lipinski definition) is 3. The summed E-state index contributed by atoms with van der Waals surface area (Å²) in [6.07, 6.45) is 0. The Balaban J connectivity index is 2.31. The first kappa shape index (κ1) is 12.0. The van der Waals surface area contributed by atoms with Gasteiger partial charge in [-0.1, -0.05) is 19.9 Å². The van der Waals surface area contributed by atoms with Crippen LogP contribution < -0.4 is 5.73 Å². The molecule has 0 spiro atoms. The highest BCUT2D eigenvalue weighted by Gasteiger charge is 2.57. The van der Waals surface area contributed by atoms with Gasteiger partial charge in [-0.05, 0) is 42.3 Å². The smallest absolute Gasteiger partial charge is 0.272 e. The van der Waals surface area contributed by atoms with Crippen LogP contribution in [0.3, 0.4) is 0 Å².